The number of amides is 2. The molecular weight excluding hydrogens is 481 g/mol. The number of hydrogen-bond donors (Lipinski definition) is 1. The number of rotatable bonds is 4. The van der Waals surface area contributed by atoms with Crippen LogP contribution in [-0.4, -0.2) is 50.1 Å². The van der Waals surface area contributed by atoms with Crippen LogP contribution in [0.2, 0.25) is 5.02 Å². The number of nitrogens with one attached hydrogen (secondary N) is 1. The van der Waals surface area contributed by atoms with E-state index in [-0.39, 0.29) is 17.0 Å². The summed E-state index contributed by atoms with van der Waals surface area (Å²) in [7, 11) is -0.834. The molecule has 0 unspecified atom stereocenters. The van der Waals surface area contributed by atoms with Gasteiger partial charge in [0.1, 0.15) is 12.4 Å². The lowest BCUT2D eigenvalue weighted by molar-refractivity contribution is -0.117. The van der Waals surface area contributed by atoms with E-state index in [4.69, 9.17) is 11.6 Å². The summed E-state index contributed by atoms with van der Waals surface area (Å²) in [6.45, 7) is -0.273. The standard InChI is InChI=1S/C24H21ClFN3O4S/c1-28(2)34(32,33)19-10-5-16(6-11-19)24(31)29-14-22(30)27-21-12-7-17(25)13-20(21)23(29)15-3-8-18(26)9-4-15/h3-13,23H,14H2,1-2H3,(H,27,30)/t23-/m0/s1. The zero-order chi connectivity index (χ0) is 24.6. The molecule has 0 saturated heterocycles. The maximum Gasteiger partial charge on any atom is 0.255 e. The molecule has 0 bridgehead atoms. The zero-order valence-electron chi connectivity index (χ0n) is 18.3. The Balaban J connectivity index is 1.81. The Labute approximate surface area is 201 Å². The van der Waals surface area contributed by atoms with Crippen molar-refractivity contribution in [2.75, 3.05) is 26.0 Å². The number of carbonyl (C=O) groups is 2. The number of carbonyl (C=O) groups excluding carboxylic acids is 2. The van der Waals surface area contributed by atoms with Gasteiger partial charge in [0.2, 0.25) is 15.9 Å². The van der Waals surface area contributed by atoms with Gasteiger partial charge in [-0.2, -0.15) is 0 Å². The molecule has 176 valence electrons. The van der Waals surface area contributed by atoms with Crippen molar-refractivity contribution in [2.45, 2.75) is 10.9 Å². The fourth-order valence-electron chi connectivity index (χ4n) is 3.82. The molecule has 0 aromatic heterocycles. The van der Waals surface area contributed by atoms with Gasteiger partial charge in [0.05, 0.1) is 10.9 Å². The molecular formula is C24H21ClFN3O4S. The van der Waals surface area contributed by atoms with Crippen LogP contribution in [0.5, 0.6) is 0 Å². The highest BCUT2D eigenvalue weighted by Crippen LogP contribution is 2.38. The zero-order valence-corrected chi connectivity index (χ0v) is 19.9. The number of anilines is 1. The van der Waals surface area contributed by atoms with Gasteiger partial charge >= 0.3 is 0 Å². The van der Waals surface area contributed by atoms with Crippen molar-refractivity contribution >= 4 is 39.1 Å². The van der Waals surface area contributed by atoms with Crippen molar-refractivity contribution in [3.05, 3.63) is 94.3 Å². The SMILES string of the molecule is CN(C)S(=O)(=O)c1ccc(C(=O)N2CC(=O)Nc3ccc(Cl)cc3[C@@H]2c2ccc(F)cc2)cc1. The minimum Gasteiger partial charge on any atom is -0.324 e. The molecule has 4 rings (SSSR count). The van der Waals surface area contributed by atoms with Crippen molar-refractivity contribution in [1.29, 1.82) is 0 Å². The maximum atomic E-state index is 13.6. The van der Waals surface area contributed by atoms with Crippen molar-refractivity contribution < 1.29 is 22.4 Å². The molecule has 1 aliphatic rings. The topological polar surface area (TPSA) is 86.8 Å². The predicted octanol–water partition coefficient (Wildman–Crippen LogP) is 3.91. The van der Waals surface area contributed by atoms with Crippen LogP contribution in [0.4, 0.5) is 10.1 Å². The summed E-state index contributed by atoms with van der Waals surface area (Å²) in [4.78, 5) is 27.7. The largest absolute Gasteiger partial charge is 0.324 e. The summed E-state index contributed by atoms with van der Waals surface area (Å²) in [6.07, 6.45) is 0. The average molecular weight is 502 g/mol. The third-order valence-corrected chi connectivity index (χ3v) is 7.60. The highest BCUT2D eigenvalue weighted by atomic mass is 35.5. The molecule has 10 heteroatoms. The highest BCUT2D eigenvalue weighted by molar-refractivity contribution is 7.89. The smallest absolute Gasteiger partial charge is 0.255 e. The molecule has 1 aliphatic heterocycles. The lowest BCUT2D eigenvalue weighted by Crippen LogP contribution is -2.39. The summed E-state index contributed by atoms with van der Waals surface area (Å²) in [5.74, 6) is -1.34. The summed E-state index contributed by atoms with van der Waals surface area (Å²) in [5, 5.41) is 3.20. The first-order valence-electron chi connectivity index (χ1n) is 10.3. The first-order chi connectivity index (χ1) is 16.1. The van der Waals surface area contributed by atoms with Crippen LogP contribution in [0.1, 0.15) is 27.5 Å². The Morgan fingerprint density at radius 2 is 1.71 bits per heavy atom. The normalized spacial score (nSPS) is 16.1. The Hall–Kier alpha value is -3.27. The van der Waals surface area contributed by atoms with Crippen molar-refractivity contribution in [1.82, 2.24) is 9.21 Å². The van der Waals surface area contributed by atoms with Gasteiger partial charge in [-0.25, -0.2) is 17.1 Å². The van der Waals surface area contributed by atoms with E-state index >= 15 is 0 Å². The summed E-state index contributed by atoms with van der Waals surface area (Å²) >= 11 is 6.24. The van der Waals surface area contributed by atoms with Crippen LogP contribution in [0, 0.1) is 5.82 Å². The van der Waals surface area contributed by atoms with Crippen LogP contribution >= 0.6 is 11.6 Å². The van der Waals surface area contributed by atoms with E-state index in [1.807, 2.05) is 0 Å². The van der Waals surface area contributed by atoms with Crippen LogP contribution in [0.25, 0.3) is 0 Å². The van der Waals surface area contributed by atoms with Crippen LogP contribution in [0.15, 0.2) is 71.6 Å². The lowest BCUT2D eigenvalue weighted by Gasteiger charge is -2.31. The van der Waals surface area contributed by atoms with Gasteiger partial charge in [-0.3, -0.25) is 9.59 Å². The number of halogens is 2. The Kier molecular flexibility index (Phi) is 6.44. The van der Waals surface area contributed by atoms with E-state index in [0.29, 0.717) is 21.8 Å². The van der Waals surface area contributed by atoms with Gasteiger partial charge in [-0.15, -0.1) is 0 Å². The van der Waals surface area contributed by atoms with E-state index in [1.54, 1.807) is 30.3 Å². The molecule has 0 radical (unpaired) electrons. The third-order valence-electron chi connectivity index (χ3n) is 5.53. The first kappa shape index (κ1) is 23.9. The van der Waals surface area contributed by atoms with Gasteiger partial charge in [0, 0.05) is 35.9 Å². The van der Waals surface area contributed by atoms with Gasteiger partial charge in [-0.05, 0) is 60.2 Å². The van der Waals surface area contributed by atoms with Gasteiger partial charge in [0.25, 0.3) is 5.91 Å². The summed E-state index contributed by atoms with van der Waals surface area (Å²) in [6, 6.07) is 15.4. The molecule has 7 nitrogen and oxygen atoms in total. The molecule has 34 heavy (non-hydrogen) atoms. The number of nitrogens with zero attached hydrogens (tertiary/aromatic N) is 2. The van der Waals surface area contributed by atoms with Gasteiger partial charge in [-0.1, -0.05) is 23.7 Å². The molecule has 3 aromatic rings. The number of hydrogen-bond acceptors (Lipinski definition) is 4. The first-order valence-corrected chi connectivity index (χ1v) is 12.1. The fourth-order valence-corrected chi connectivity index (χ4v) is 4.90. The third kappa shape index (κ3) is 4.54. The molecule has 3 aromatic carbocycles. The second-order valence-corrected chi connectivity index (χ2v) is 10.6. The van der Waals surface area contributed by atoms with Crippen molar-refractivity contribution in [2.24, 2.45) is 0 Å². The predicted molar refractivity (Wildman–Crippen MR) is 127 cm³/mol. The quantitative estimate of drug-likeness (QED) is 0.587. The van der Waals surface area contributed by atoms with E-state index in [2.05, 4.69) is 5.32 Å². The molecule has 1 atom stereocenters. The van der Waals surface area contributed by atoms with Crippen molar-refractivity contribution in [3.63, 3.8) is 0 Å². The Morgan fingerprint density at radius 3 is 2.32 bits per heavy atom. The molecule has 0 saturated carbocycles. The highest BCUT2D eigenvalue weighted by Gasteiger charge is 2.34. The van der Waals surface area contributed by atoms with E-state index in [1.165, 1.54) is 55.4 Å². The molecule has 0 spiro atoms. The fraction of sp³-hybridized carbons (Fsp3) is 0.167. The Bertz CT molecular complexity index is 1360. The monoisotopic (exact) mass is 501 g/mol. The number of benzene rings is 3. The summed E-state index contributed by atoms with van der Waals surface area (Å²) < 4.78 is 39.5. The minimum absolute atomic E-state index is 0.0369. The lowest BCUT2D eigenvalue weighted by atomic mass is 9.95. The number of fused-ring (bicyclic) bond motifs is 1. The average Bonchev–Trinajstić information content (AvgIpc) is 2.95. The van der Waals surface area contributed by atoms with Crippen LogP contribution in [-0.2, 0) is 14.8 Å². The molecule has 0 aliphatic carbocycles. The number of sulfonamides is 1. The van der Waals surface area contributed by atoms with Gasteiger partial charge < -0.3 is 10.2 Å². The van der Waals surface area contributed by atoms with E-state index in [0.717, 1.165) is 4.31 Å². The minimum atomic E-state index is -3.67. The van der Waals surface area contributed by atoms with E-state index < -0.39 is 33.7 Å². The molecule has 1 N–H and O–H groups in total. The summed E-state index contributed by atoms with van der Waals surface area (Å²) in [5.41, 5.74) is 1.85. The van der Waals surface area contributed by atoms with Crippen LogP contribution in [0.3, 0.4) is 0 Å². The van der Waals surface area contributed by atoms with Gasteiger partial charge in [0.15, 0.2) is 0 Å². The maximum absolute atomic E-state index is 13.6. The molecule has 2 amide bonds. The molecule has 0 fully saturated rings. The molecule has 1 heterocycles. The van der Waals surface area contributed by atoms with Crippen LogP contribution < -0.4 is 5.32 Å². The second-order valence-electron chi connectivity index (χ2n) is 7.98. The van der Waals surface area contributed by atoms with Crippen molar-refractivity contribution in [3.8, 4) is 0 Å². The van der Waals surface area contributed by atoms with E-state index in [9.17, 15) is 22.4 Å². The Morgan fingerprint density at radius 1 is 1.06 bits per heavy atom. The second kappa shape index (κ2) is 9.17.